The molecule has 104 valence electrons. The van der Waals surface area contributed by atoms with Crippen molar-refractivity contribution in [1.29, 1.82) is 0 Å². The summed E-state index contributed by atoms with van der Waals surface area (Å²) in [7, 11) is 0. The van der Waals surface area contributed by atoms with Gasteiger partial charge < -0.3 is 15.4 Å². The van der Waals surface area contributed by atoms with Gasteiger partial charge in [0.1, 0.15) is 6.04 Å². The molecule has 0 saturated carbocycles. The van der Waals surface area contributed by atoms with Crippen molar-refractivity contribution in [2.75, 3.05) is 13.2 Å². The second-order valence-electron chi connectivity index (χ2n) is 4.77. The summed E-state index contributed by atoms with van der Waals surface area (Å²) in [5, 5.41) is 0. The Kier molecular flexibility index (Phi) is 6.12. The van der Waals surface area contributed by atoms with Crippen LogP contribution in [0.5, 0.6) is 0 Å². The number of ether oxygens (including phenoxy) is 1. The fourth-order valence-electron chi connectivity index (χ4n) is 2.22. The molecule has 1 rings (SSSR count). The molecule has 0 radical (unpaired) electrons. The van der Waals surface area contributed by atoms with Gasteiger partial charge in [0.05, 0.1) is 12.6 Å². The van der Waals surface area contributed by atoms with E-state index in [0.29, 0.717) is 19.6 Å². The minimum Gasteiger partial charge on any atom is -0.464 e. The molecule has 1 aliphatic heterocycles. The highest BCUT2D eigenvalue weighted by molar-refractivity contribution is 5.87. The van der Waals surface area contributed by atoms with E-state index in [4.69, 9.17) is 10.5 Å². The fourth-order valence-corrected chi connectivity index (χ4v) is 2.22. The van der Waals surface area contributed by atoms with Gasteiger partial charge in [0, 0.05) is 6.54 Å². The number of nitrogens with two attached hydrogens (primary N) is 1. The van der Waals surface area contributed by atoms with Gasteiger partial charge in [-0.05, 0) is 26.7 Å². The van der Waals surface area contributed by atoms with Gasteiger partial charge in [-0.25, -0.2) is 4.79 Å². The van der Waals surface area contributed by atoms with Crippen LogP contribution in [-0.4, -0.2) is 42.0 Å². The molecule has 0 aromatic heterocycles. The largest absolute Gasteiger partial charge is 0.464 e. The van der Waals surface area contributed by atoms with E-state index in [1.165, 1.54) is 0 Å². The van der Waals surface area contributed by atoms with Crippen LogP contribution >= 0.6 is 0 Å². The Hall–Kier alpha value is -1.10. The van der Waals surface area contributed by atoms with Crippen molar-refractivity contribution < 1.29 is 14.3 Å². The van der Waals surface area contributed by atoms with E-state index in [1.54, 1.807) is 18.7 Å². The molecule has 18 heavy (non-hydrogen) atoms. The molecule has 0 spiro atoms. The molecule has 1 heterocycles. The molecule has 0 aromatic rings. The van der Waals surface area contributed by atoms with Crippen molar-refractivity contribution in [2.45, 2.75) is 58.0 Å². The summed E-state index contributed by atoms with van der Waals surface area (Å²) in [6, 6.07) is -1.03. The standard InChI is InChI=1S/C13H24N2O3/c1-3-18-13(17)10(2)15-9-7-5-4-6-8-11(14)12(15)16/h10-11H,3-9,14H2,1-2H3. The third-order valence-electron chi connectivity index (χ3n) is 3.36. The highest BCUT2D eigenvalue weighted by Crippen LogP contribution is 2.14. The predicted octanol–water partition coefficient (Wildman–Crippen LogP) is 1.06. The lowest BCUT2D eigenvalue weighted by atomic mass is 10.1. The van der Waals surface area contributed by atoms with Crippen LogP contribution < -0.4 is 5.73 Å². The lowest BCUT2D eigenvalue weighted by Crippen LogP contribution is -2.50. The van der Waals surface area contributed by atoms with Crippen LogP contribution in [0.4, 0.5) is 0 Å². The molecule has 1 amide bonds. The Labute approximate surface area is 109 Å². The van der Waals surface area contributed by atoms with E-state index >= 15 is 0 Å². The molecule has 1 aliphatic rings. The SMILES string of the molecule is CCOC(=O)C(C)N1CCCCCCC(N)C1=O. The predicted molar refractivity (Wildman–Crippen MR) is 68.9 cm³/mol. The molecule has 1 fully saturated rings. The fraction of sp³-hybridized carbons (Fsp3) is 0.846. The van der Waals surface area contributed by atoms with Crippen molar-refractivity contribution in [1.82, 2.24) is 4.90 Å². The Balaban J connectivity index is 2.73. The van der Waals surface area contributed by atoms with Gasteiger partial charge >= 0.3 is 5.97 Å². The molecule has 2 atom stereocenters. The highest BCUT2D eigenvalue weighted by atomic mass is 16.5. The highest BCUT2D eigenvalue weighted by Gasteiger charge is 2.30. The minimum absolute atomic E-state index is 0.127. The molecule has 0 aromatic carbocycles. The normalized spacial score (nSPS) is 23.8. The Morgan fingerprint density at radius 3 is 2.78 bits per heavy atom. The Morgan fingerprint density at radius 2 is 2.11 bits per heavy atom. The lowest BCUT2D eigenvalue weighted by molar-refractivity contribution is -0.154. The number of hydrogen-bond donors (Lipinski definition) is 1. The van der Waals surface area contributed by atoms with Crippen LogP contribution in [0.3, 0.4) is 0 Å². The summed E-state index contributed by atoms with van der Waals surface area (Å²) in [4.78, 5) is 25.5. The van der Waals surface area contributed by atoms with Crippen LogP contribution in [0.2, 0.25) is 0 Å². The number of nitrogens with zero attached hydrogens (tertiary/aromatic N) is 1. The Bertz CT molecular complexity index is 294. The number of carbonyl (C=O) groups is 2. The number of amides is 1. The third-order valence-corrected chi connectivity index (χ3v) is 3.36. The molecule has 5 nitrogen and oxygen atoms in total. The number of carbonyl (C=O) groups excluding carboxylic acids is 2. The zero-order valence-corrected chi connectivity index (χ0v) is 11.4. The maximum absolute atomic E-state index is 12.2. The quantitative estimate of drug-likeness (QED) is 0.766. The van der Waals surface area contributed by atoms with Crippen molar-refractivity contribution >= 4 is 11.9 Å². The van der Waals surface area contributed by atoms with Gasteiger partial charge in [0.25, 0.3) is 0 Å². The van der Waals surface area contributed by atoms with Crippen molar-refractivity contribution in [2.24, 2.45) is 5.73 Å². The number of rotatable bonds is 3. The molecule has 2 N–H and O–H groups in total. The summed E-state index contributed by atoms with van der Waals surface area (Å²) in [6.45, 7) is 4.39. The lowest BCUT2D eigenvalue weighted by Gasteiger charge is -2.29. The van der Waals surface area contributed by atoms with E-state index in [-0.39, 0.29) is 11.9 Å². The first kappa shape index (κ1) is 15.0. The maximum Gasteiger partial charge on any atom is 0.328 e. The summed E-state index contributed by atoms with van der Waals surface area (Å²) in [5.74, 6) is -0.477. The summed E-state index contributed by atoms with van der Waals surface area (Å²) >= 11 is 0. The van der Waals surface area contributed by atoms with Crippen LogP contribution in [0.15, 0.2) is 0 Å². The summed E-state index contributed by atoms with van der Waals surface area (Å²) < 4.78 is 4.97. The van der Waals surface area contributed by atoms with Crippen molar-refractivity contribution in [3.8, 4) is 0 Å². The van der Waals surface area contributed by atoms with Crippen molar-refractivity contribution in [3.05, 3.63) is 0 Å². The topological polar surface area (TPSA) is 72.6 Å². The average molecular weight is 256 g/mol. The monoisotopic (exact) mass is 256 g/mol. The average Bonchev–Trinajstić information content (AvgIpc) is 2.43. The molecule has 5 heteroatoms. The first-order chi connectivity index (χ1) is 8.57. The first-order valence-corrected chi connectivity index (χ1v) is 6.80. The van der Waals surface area contributed by atoms with Gasteiger partial charge in [-0.2, -0.15) is 0 Å². The molecule has 0 aliphatic carbocycles. The second kappa shape index (κ2) is 7.36. The third kappa shape index (κ3) is 3.98. The molecule has 2 unspecified atom stereocenters. The Morgan fingerprint density at radius 1 is 1.44 bits per heavy atom. The maximum atomic E-state index is 12.2. The van der Waals surface area contributed by atoms with E-state index in [1.807, 2.05) is 0 Å². The van der Waals surface area contributed by atoms with Gasteiger partial charge in [-0.1, -0.05) is 19.3 Å². The van der Waals surface area contributed by atoms with Gasteiger partial charge in [-0.3, -0.25) is 4.79 Å². The summed E-state index contributed by atoms with van der Waals surface area (Å²) in [5.41, 5.74) is 5.88. The van der Waals surface area contributed by atoms with E-state index < -0.39 is 12.1 Å². The van der Waals surface area contributed by atoms with E-state index in [2.05, 4.69) is 0 Å². The molecule has 0 bridgehead atoms. The minimum atomic E-state index is -0.540. The number of esters is 1. The molecule has 1 saturated heterocycles. The zero-order chi connectivity index (χ0) is 13.5. The first-order valence-electron chi connectivity index (χ1n) is 6.80. The second-order valence-corrected chi connectivity index (χ2v) is 4.77. The van der Waals surface area contributed by atoms with Crippen LogP contribution in [0.1, 0.15) is 46.0 Å². The smallest absolute Gasteiger partial charge is 0.328 e. The van der Waals surface area contributed by atoms with Crippen molar-refractivity contribution in [3.63, 3.8) is 0 Å². The van der Waals surface area contributed by atoms with E-state index in [0.717, 1.165) is 25.7 Å². The van der Waals surface area contributed by atoms with Gasteiger partial charge in [0.2, 0.25) is 5.91 Å². The van der Waals surface area contributed by atoms with E-state index in [9.17, 15) is 9.59 Å². The number of hydrogen-bond acceptors (Lipinski definition) is 4. The zero-order valence-electron chi connectivity index (χ0n) is 11.4. The van der Waals surface area contributed by atoms with Crippen LogP contribution in [-0.2, 0) is 14.3 Å². The van der Waals surface area contributed by atoms with Gasteiger partial charge in [-0.15, -0.1) is 0 Å². The van der Waals surface area contributed by atoms with Gasteiger partial charge in [0.15, 0.2) is 0 Å². The van der Waals surface area contributed by atoms with Crippen LogP contribution in [0.25, 0.3) is 0 Å². The molecular formula is C13H24N2O3. The molecular weight excluding hydrogens is 232 g/mol. The van der Waals surface area contributed by atoms with Crippen LogP contribution in [0, 0.1) is 0 Å². The summed E-state index contributed by atoms with van der Waals surface area (Å²) in [6.07, 6.45) is 4.77.